The maximum Gasteiger partial charge on any atom is 0.324 e. The second-order valence-corrected chi connectivity index (χ2v) is 17.7. The second-order valence-electron chi connectivity index (χ2n) is 17.7. The molecule has 3 amide bonds. The summed E-state index contributed by atoms with van der Waals surface area (Å²) in [7, 11) is 4.06. The molecule has 7 nitrogen and oxygen atoms in total. The Morgan fingerprint density at radius 1 is 0.956 bits per heavy atom. The molecule has 8 unspecified atom stereocenters. The van der Waals surface area contributed by atoms with Crippen molar-refractivity contribution < 1.29 is 19.8 Å². The highest BCUT2D eigenvalue weighted by Crippen LogP contribution is 2.74. The van der Waals surface area contributed by atoms with Gasteiger partial charge in [-0.1, -0.05) is 59.3 Å². The fourth-order valence-electron chi connectivity index (χ4n) is 11.3. The van der Waals surface area contributed by atoms with Gasteiger partial charge in [0.15, 0.2) is 0 Å². The fraction of sp³-hybridized carbons (Fsp3) is 0.842. The van der Waals surface area contributed by atoms with Crippen LogP contribution >= 0.6 is 0 Å². The molecule has 5 aliphatic rings. The third kappa shape index (κ3) is 5.17. The van der Waals surface area contributed by atoms with Crippen LogP contribution in [0.25, 0.3) is 0 Å². The van der Waals surface area contributed by atoms with Crippen LogP contribution in [-0.4, -0.2) is 78.4 Å². The van der Waals surface area contributed by atoms with Crippen molar-refractivity contribution in [1.82, 2.24) is 15.1 Å². The molecule has 5 rings (SSSR count). The number of nitrogens with zero attached hydrogens (tertiary/aromatic N) is 2. The molecule has 7 heteroatoms. The highest BCUT2D eigenvalue weighted by molar-refractivity contribution is 5.99. The quantitative estimate of drug-likeness (QED) is 0.298. The van der Waals surface area contributed by atoms with E-state index in [1.807, 2.05) is 21.0 Å². The molecule has 3 fully saturated rings. The van der Waals surface area contributed by atoms with Gasteiger partial charge >= 0.3 is 6.03 Å². The van der Waals surface area contributed by atoms with Gasteiger partial charge in [-0.15, -0.1) is 0 Å². The summed E-state index contributed by atoms with van der Waals surface area (Å²) in [5.41, 5.74) is 1.49. The van der Waals surface area contributed by atoms with Gasteiger partial charge in [-0.25, -0.2) is 4.79 Å². The van der Waals surface area contributed by atoms with E-state index in [9.17, 15) is 19.8 Å². The van der Waals surface area contributed by atoms with Gasteiger partial charge in [-0.2, -0.15) is 0 Å². The molecule has 254 valence electrons. The number of allylic oxidation sites excluding steroid dienone is 3. The number of urea groups is 1. The van der Waals surface area contributed by atoms with Crippen LogP contribution in [0.15, 0.2) is 23.3 Å². The van der Waals surface area contributed by atoms with Crippen LogP contribution in [0.5, 0.6) is 0 Å². The molecule has 0 heterocycles. The van der Waals surface area contributed by atoms with Gasteiger partial charge in [-0.3, -0.25) is 9.69 Å². The Bertz CT molecular complexity index is 1240. The minimum Gasteiger partial charge on any atom is -0.396 e. The number of hydrogen-bond acceptors (Lipinski definition) is 5. The monoisotopic (exact) mass is 625 g/mol. The van der Waals surface area contributed by atoms with Crippen LogP contribution in [0, 0.1) is 44.3 Å². The van der Waals surface area contributed by atoms with E-state index in [0.29, 0.717) is 19.0 Å². The van der Waals surface area contributed by atoms with E-state index in [0.717, 1.165) is 70.8 Å². The first-order valence-electron chi connectivity index (χ1n) is 17.9. The summed E-state index contributed by atoms with van der Waals surface area (Å²) in [6, 6.07) is -0.262. The van der Waals surface area contributed by atoms with Crippen molar-refractivity contribution in [3.63, 3.8) is 0 Å². The van der Waals surface area contributed by atoms with E-state index < -0.39 is 16.9 Å². The highest BCUT2D eigenvalue weighted by atomic mass is 16.3. The molecule has 0 aromatic heterocycles. The Balaban J connectivity index is 1.61. The predicted molar refractivity (Wildman–Crippen MR) is 180 cm³/mol. The molecule has 0 radical (unpaired) electrons. The van der Waals surface area contributed by atoms with Crippen molar-refractivity contribution in [3.8, 4) is 0 Å². The number of carbonyl (C=O) groups excluding carboxylic acids is 2. The van der Waals surface area contributed by atoms with Crippen molar-refractivity contribution >= 4 is 11.9 Å². The topological polar surface area (TPSA) is 93.1 Å². The zero-order chi connectivity index (χ0) is 33.2. The Labute approximate surface area is 273 Å². The van der Waals surface area contributed by atoms with Crippen molar-refractivity contribution in [2.24, 2.45) is 44.3 Å². The average Bonchev–Trinajstić information content (AvgIpc) is 2.97. The molecule has 0 spiro atoms. The summed E-state index contributed by atoms with van der Waals surface area (Å²) < 4.78 is 0. The predicted octanol–water partition coefficient (Wildman–Crippen LogP) is 6.55. The Morgan fingerprint density at radius 3 is 2.29 bits per heavy atom. The average molecular weight is 626 g/mol. The molecule has 0 aromatic rings. The molecule has 5 aliphatic carbocycles. The van der Waals surface area contributed by atoms with Crippen molar-refractivity contribution in [2.75, 3.05) is 40.3 Å². The maximum absolute atomic E-state index is 14.9. The summed E-state index contributed by atoms with van der Waals surface area (Å²) >= 11 is 0. The van der Waals surface area contributed by atoms with Gasteiger partial charge in [0, 0.05) is 18.5 Å². The first kappa shape index (κ1) is 34.6. The Hall–Kier alpha value is -1.70. The fourth-order valence-corrected chi connectivity index (χ4v) is 11.3. The van der Waals surface area contributed by atoms with E-state index in [-0.39, 0.29) is 46.1 Å². The van der Waals surface area contributed by atoms with E-state index in [4.69, 9.17) is 0 Å². The Kier molecular flexibility index (Phi) is 9.06. The van der Waals surface area contributed by atoms with Crippen LogP contribution in [0.3, 0.4) is 0 Å². The molecule has 45 heavy (non-hydrogen) atoms. The molecular formula is C38H63N3O4. The van der Waals surface area contributed by atoms with Crippen LogP contribution in [0.2, 0.25) is 0 Å². The summed E-state index contributed by atoms with van der Waals surface area (Å²) in [5.74, 6) is 0.586. The van der Waals surface area contributed by atoms with Gasteiger partial charge in [0.2, 0.25) is 5.91 Å². The molecule has 8 atom stereocenters. The summed E-state index contributed by atoms with van der Waals surface area (Å²) in [6.45, 7) is 17.9. The number of rotatable bonds is 7. The maximum atomic E-state index is 14.9. The molecule has 3 N–H and O–H groups in total. The number of aliphatic hydroxyl groups excluding tert-OH is 2. The first-order chi connectivity index (χ1) is 21.0. The smallest absolute Gasteiger partial charge is 0.324 e. The van der Waals surface area contributed by atoms with E-state index in [1.54, 1.807) is 4.90 Å². The number of aliphatic hydroxyl groups is 2. The lowest BCUT2D eigenvalue weighted by atomic mass is 9.35. The minimum absolute atomic E-state index is 0.00332. The van der Waals surface area contributed by atoms with Gasteiger partial charge in [0.1, 0.15) is 0 Å². The number of hydrogen-bond donors (Lipinski definition) is 3. The van der Waals surface area contributed by atoms with E-state index >= 15 is 0 Å². The largest absolute Gasteiger partial charge is 0.396 e. The van der Waals surface area contributed by atoms with Crippen LogP contribution in [0.1, 0.15) is 113 Å². The standard InChI is InChI=1S/C38H63N3O4/c1-10-39-32(45)41(23-11-22-40(8)9)31(44)38-20-18-33(2,3)24-27(38)26-12-13-29-34(4)16-15-30(43)35(5,25-42)28(34)14-17-37(29,7)36(26,6)19-21-38/h12-13,28-30,42-43H,10-11,14-25H2,1-9H3,(H,39,45). The van der Waals surface area contributed by atoms with Gasteiger partial charge < -0.3 is 20.4 Å². The summed E-state index contributed by atoms with van der Waals surface area (Å²) in [5, 5.41) is 24.6. The highest BCUT2D eigenvalue weighted by Gasteiger charge is 2.68. The third-order valence-corrected chi connectivity index (χ3v) is 14.4. The number of imide groups is 1. The number of fused-ring (bicyclic) bond motifs is 6. The minimum atomic E-state index is -0.646. The lowest BCUT2D eigenvalue weighted by molar-refractivity contribution is -0.198. The van der Waals surface area contributed by atoms with Crippen molar-refractivity contribution in [3.05, 3.63) is 23.3 Å². The van der Waals surface area contributed by atoms with Crippen LogP contribution < -0.4 is 5.32 Å². The number of amides is 3. The molecule has 3 saturated carbocycles. The van der Waals surface area contributed by atoms with Crippen molar-refractivity contribution in [2.45, 2.75) is 119 Å². The van der Waals surface area contributed by atoms with Crippen molar-refractivity contribution in [1.29, 1.82) is 0 Å². The summed E-state index contributed by atoms with van der Waals surface area (Å²) in [6.07, 6.45) is 13.2. The normalized spacial score (nSPS) is 41.9. The van der Waals surface area contributed by atoms with Gasteiger partial charge in [0.25, 0.3) is 0 Å². The van der Waals surface area contributed by atoms with Gasteiger partial charge in [-0.05, 0) is 131 Å². The third-order valence-electron chi connectivity index (χ3n) is 14.4. The zero-order valence-corrected chi connectivity index (χ0v) is 29.9. The zero-order valence-electron chi connectivity index (χ0n) is 29.9. The van der Waals surface area contributed by atoms with Crippen LogP contribution in [-0.2, 0) is 4.79 Å². The van der Waals surface area contributed by atoms with E-state index in [2.05, 4.69) is 63.9 Å². The van der Waals surface area contributed by atoms with Crippen LogP contribution in [0.4, 0.5) is 4.79 Å². The lowest BCUT2D eigenvalue weighted by Gasteiger charge is -2.69. The Morgan fingerprint density at radius 2 is 1.64 bits per heavy atom. The lowest BCUT2D eigenvalue weighted by Crippen LogP contribution is -2.64. The van der Waals surface area contributed by atoms with Gasteiger partial charge in [0.05, 0.1) is 18.1 Å². The molecule has 0 bridgehead atoms. The number of nitrogens with one attached hydrogen (secondary N) is 1. The molecule has 0 aliphatic heterocycles. The van der Waals surface area contributed by atoms with E-state index in [1.165, 1.54) is 11.1 Å². The second kappa shape index (κ2) is 11.8. The molecular weight excluding hydrogens is 562 g/mol. The molecule has 0 aromatic carbocycles. The molecule has 0 saturated heterocycles. The first-order valence-corrected chi connectivity index (χ1v) is 17.9. The summed E-state index contributed by atoms with van der Waals surface area (Å²) in [4.78, 5) is 32.1. The SMILES string of the molecule is CCNC(=O)N(CCCN(C)C)C(=O)C12CCC(C)(C)CC1=C1C=CC3C4(C)CCC(O)C(C)(CO)C4CCC3(C)C1(C)CC2. The number of carbonyl (C=O) groups is 2.